The van der Waals surface area contributed by atoms with Gasteiger partial charge in [-0.05, 0) is 36.4 Å². The number of amides is 1. The normalized spacial score (nSPS) is 10.3. The number of hydrogen-bond acceptors (Lipinski definition) is 2. The van der Waals surface area contributed by atoms with Crippen molar-refractivity contribution < 1.29 is 14.3 Å². The summed E-state index contributed by atoms with van der Waals surface area (Å²) >= 11 is 0. The Morgan fingerprint density at radius 2 is 1.57 bits per heavy atom. The van der Waals surface area contributed by atoms with E-state index in [2.05, 4.69) is 5.32 Å². The molecule has 3 aromatic carbocycles. The van der Waals surface area contributed by atoms with Gasteiger partial charge < -0.3 is 10.4 Å². The summed E-state index contributed by atoms with van der Waals surface area (Å²) in [4.78, 5) is 12.3. The number of carbonyl (C=O) groups is 1. The average molecular weight is 307 g/mol. The quantitative estimate of drug-likeness (QED) is 0.702. The van der Waals surface area contributed by atoms with E-state index in [1.165, 1.54) is 18.2 Å². The standard InChI is InChI=1S/C19H14FNO2/c20-17-9-5-4-8-15(17)16-12-14(22)10-11-18(16)21-19(23)13-6-2-1-3-7-13/h1-12,22H,(H,21,23). The van der Waals surface area contributed by atoms with Gasteiger partial charge in [-0.3, -0.25) is 4.79 Å². The summed E-state index contributed by atoms with van der Waals surface area (Å²) in [6, 6.07) is 19.4. The summed E-state index contributed by atoms with van der Waals surface area (Å²) in [6.45, 7) is 0. The zero-order chi connectivity index (χ0) is 16.2. The van der Waals surface area contributed by atoms with Crippen molar-refractivity contribution in [2.24, 2.45) is 0 Å². The molecule has 114 valence electrons. The van der Waals surface area contributed by atoms with Gasteiger partial charge in [0, 0.05) is 22.4 Å². The van der Waals surface area contributed by atoms with Crippen LogP contribution in [0.4, 0.5) is 10.1 Å². The molecule has 3 nitrogen and oxygen atoms in total. The van der Waals surface area contributed by atoms with E-state index in [0.29, 0.717) is 22.4 Å². The molecule has 0 saturated carbocycles. The maximum Gasteiger partial charge on any atom is 0.255 e. The molecule has 0 aliphatic carbocycles. The van der Waals surface area contributed by atoms with E-state index in [1.807, 2.05) is 6.07 Å². The molecule has 0 aliphatic heterocycles. The highest BCUT2D eigenvalue weighted by Gasteiger charge is 2.13. The highest BCUT2D eigenvalue weighted by Crippen LogP contribution is 2.33. The van der Waals surface area contributed by atoms with Gasteiger partial charge >= 0.3 is 0 Å². The smallest absolute Gasteiger partial charge is 0.255 e. The Morgan fingerprint density at radius 1 is 0.870 bits per heavy atom. The van der Waals surface area contributed by atoms with Gasteiger partial charge in [0.1, 0.15) is 11.6 Å². The number of phenolic OH excluding ortho intramolecular Hbond substituents is 1. The van der Waals surface area contributed by atoms with Gasteiger partial charge in [0.05, 0.1) is 0 Å². The summed E-state index contributed by atoms with van der Waals surface area (Å²) in [5, 5.41) is 12.5. The van der Waals surface area contributed by atoms with E-state index >= 15 is 0 Å². The Labute approximate surface area is 133 Å². The van der Waals surface area contributed by atoms with Crippen LogP contribution in [0.25, 0.3) is 11.1 Å². The van der Waals surface area contributed by atoms with Crippen LogP contribution < -0.4 is 5.32 Å². The fourth-order valence-electron chi connectivity index (χ4n) is 2.33. The number of carbonyl (C=O) groups excluding carboxylic acids is 1. The third-order valence-corrected chi connectivity index (χ3v) is 3.45. The minimum absolute atomic E-state index is 0.000892. The second-order valence-electron chi connectivity index (χ2n) is 5.03. The van der Waals surface area contributed by atoms with Crippen LogP contribution in [-0.2, 0) is 0 Å². The number of aromatic hydroxyl groups is 1. The Kier molecular flexibility index (Phi) is 4.06. The molecule has 3 rings (SSSR count). The number of rotatable bonds is 3. The highest BCUT2D eigenvalue weighted by molar-refractivity contribution is 6.06. The lowest BCUT2D eigenvalue weighted by Gasteiger charge is -2.12. The average Bonchev–Trinajstić information content (AvgIpc) is 2.58. The first-order valence-corrected chi connectivity index (χ1v) is 7.09. The van der Waals surface area contributed by atoms with Crippen molar-refractivity contribution in [2.75, 3.05) is 5.32 Å². The molecule has 0 radical (unpaired) electrons. The van der Waals surface area contributed by atoms with Crippen molar-refractivity contribution in [2.45, 2.75) is 0 Å². The molecule has 0 aliphatic rings. The van der Waals surface area contributed by atoms with Crippen molar-refractivity contribution >= 4 is 11.6 Å². The molecule has 3 aromatic rings. The molecule has 23 heavy (non-hydrogen) atoms. The Hall–Kier alpha value is -3.14. The van der Waals surface area contributed by atoms with Crippen LogP contribution in [0.3, 0.4) is 0 Å². The van der Waals surface area contributed by atoms with Crippen LogP contribution in [0.1, 0.15) is 10.4 Å². The van der Waals surface area contributed by atoms with Gasteiger partial charge in [-0.2, -0.15) is 0 Å². The molecule has 0 spiro atoms. The molecule has 0 heterocycles. The molecule has 0 bridgehead atoms. The van der Waals surface area contributed by atoms with Gasteiger partial charge in [0.2, 0.25) is 0 Å². The summed E-state index contributed by atoms with van der Waals surface area (Å²) in [7, 11) is 0. The van der Waals surface area contributed by atoms with Gasteiger partial charge in [-0.25, -0.2) is 4.39 Å². The molecule has 0 atom stereocenters. The first-order chi connectivity index (χ1) is 11.1. The molecule has 0 fully saturated rings. The number of halogens is 1. The number of hydrogen-bond donors (Lipinski definition) is 2. The van der Waals surface area contributed by atoms with Crippen molar-refractivity contribution in [3.05, 3.63) is 84.2 Å². The van der Waals surface area contributed by atoms with Crippen LogP contribution in [0.2, 0.25) is 0 Å². The number of benzene rings is 3. The van der Waals surface area contributed by atoms with Crippen LogP contribution in [-0.4, -0.2) is 11.0 Å². The lowest BCUT2D eigenvalue weighted by atomic mass is 10.0. The summed E-state index contributed by atoms with van der Waals surface area (Å²) < 4.78 is 14.1. The predicted molar refractivity (Wildman–Crippen MR) is 87.9 cm³/mol. The Bertz CT molecular complexity index is 847. The van der Waals surface area contributed by atoms with Crippen molar-refractivity contribution in [1.82, 2.24) is 0 Å². The van der Waals surface area contributed by atoms with E-state index in [9.17, 15) is 14.3 Å². The van der Waals surface area contributed by atoms with E-state index in [-0.39, 0.29) is 11.7 Å². The van der Waals surface area contributed by atoms with Gasteiger partial charge in [-0.1, -0.05) is 36.4 Å². The lowest BCUT2D eigenvalue weighted by Crippen LogP contribution is -2.12. The molecular weight excluding hydrogens is 293 g/mol. The minimum atomic E-state index is -0.423. The molecule has 4 heteroatoms. The maximum atomic E-state index is 14.1. The fraction of sp³-hybridized carbons (Fsp3) is 0. The predicted octanol–water partition coefficient (Wildman–Crippen LogP) is 4.45. The third-order valence-electron chi connectivity index (χ3n) is 3.45. The fourth-order valence-corrected chi connectivity index (χ4v) is 2.33. The zero-order valence-corrected chi connectivity index (χ0v) is 12.2. The van der Waals surface area contributed by atoms with Crippen LogP contribution in [0.5, 0.6) is 5.75 Å². The second kappa shape index (κ2) is 6.32. The summed E-state index contributed by atoms with van der Waals surface area (Å²) in [6.07, 6.45) is 0. The first kappa shape index (κ1) is 14.8. The van der Waals surface area contributed by atoms with Gasteiger partial charge in [0.25, 0.3) is 5.91 Å². The topological polar surface area (TPSA) is 49.3 Å². The van der Waals surface area contributed by atoms with Gasteiger partial charge in [0.15, 0.2) is 0 Å². The highest BCUT2D eigenvalue weighted by atomic mass is 19.1. The van der Waals surface area contributed by atoms with E-state index in [0.717, 1.165) is 0 Å². The van der Waals surface area contributed by atoms with Gasteiger partial charge in [-0.15, -0.1) is 0 Å². The Morgan fingerprint density at radius 3 is 2.30 bits per heavy atom. The first-order valence-electron chi connectivity index (χ1n) is 7.09. The van der Waals surface area contributed by atoms with Crippen molar-refractivity contribution in [3.8, 4) is 16.9 Å². The summed E-state index contributed by atoms with van der Waals surface area (Å²) in [5.41, 5.74) is 1.67. The SMILES string of the molecule is O=C(Nc1ccc(O)cc1-c1ccccc1F)c1ccccc1. The van der Waals surface area contributed by atoms with Crippen LogP contribution in [0, 0.1) is 5.82 Å². The molecule has 1 amide bonds. The Balaban J connectivity index is 2.00. The number of anilines is 1. The van der Waals surface area contributed by atoms with E-state index < -0.39 is 5.82 Å². The molecule has 2 N–H and O–H groups in total. The molecular formula is C19H14FNO2. The minimum Gasteiger partial charge on any atom is -0.508 e. The monoisotopic (exact) mass is 307 g/mol. The van der Waals surface area contributed by atoms with Crippen molar-refractivity contribution in [3.63, 3.8) is 0 Å². The summed E-state index contributed by atoms with van der Waals surface area (Å²) in [5.74, 6) is -0.719. The molecule has 0 saturated heterocycles. The lowest BCUT2D eigenvalue weighted by molar-refractivity contribution is 0.102. The maximum absolute atomic E-state index is 14.1. The van der Waals surface area contributed by atoms with E-state index in [1.54, 1.807) is 48.5 Å². The second-order valence-corrected chi connectivity index (χ2v) is 5.03. The number of nitrogens with one attached hydrogen (secondary N) is 1. The van der Waals surface area contributed by atoms with Crippen molar-refractivity contribution in [1.29, 1.82) is 0 Å². The third kappa shape index (κ3) is 3.21. The van der Waals surface area contributed by atoms with E-state index in [4.69, 9.17) is 0 Å². The number of phenols is 1. The van der Waals surface area contributed by atoms with Crippen LogP contribution in [0.15, 0.2) is 72.8 Å². The molecule has 0 unspecified atom stereocenters. The van der Waals surface area contributed by atoms with Crippen LogP contribution >= 0.6 is 0 Å². The molecule has 0 aromatic heterocycles. The largest absolute Gasteiger partial charge is 0.508 e. The zero-order valence-electron chi connectivity index (χ0n) is 12.2.